The van der Waals surface area contributed by atoms with Crippen molar-refractivity contribution in [1.29, 1.82) is 0 Å². The molecule has 2 rings (SSSR count). The van der Waals surface area contributed by atoms with Crippen LogP contribution in [-0.4, -0.2) is 31.1 Å². The average Bonchev–Trinajstić information content (AvgIpc) is 3.14. The molecular formula is C15H19NO2S2. The topological polar surface area (TPSA) is 29.5 Å². The predicted molar refractivity (Wildman–Crippen MR) is 84.3 cm³/mol. The number of carbonyl (C=O) groups excluding carboxylic acids is 1. The van der Waals surface area contributed by atoms with Crippen LogP contribution < -0.4 is 0 Å². The molecule has 0 saturated carbocycles. The first-order chi connectivity index (χ1) is 9.72. The zero-order valence-electron chi connectivity index (χ0n) is 11.7. The lowest BCUT2D eigenvalue weighted by Crippen LogP contribution is -2.35. The van der Waals surface area contributed by atoms with E-state index >= 15 is 0 Å². The molecule has 2 heterocycles. The summed E-state index contributed by atoms with van der Waals surface area (Å²) >= 11 is 3.31. The molecule has 108 valence electrons. The van der Waals surface area contributed by atoms with Gasteiger partial charge in [0.25, 0.3) is 0 Å². The molecule has 5 heteroatoms. The van der Waals surface area contributed by atoms with Crippen LogP contribution in [0.2, 0.25) is 0 Å². The Bertz CT molecular complexity index is 508. The number of ether oxygens (including phenoxy) is 1. The SMILES string of the molecule is COCCN(Cc1cccs1)C(=O)C(C)c1cccs1. The summed E-state index contributed by atoms with van der Waals surface area (Å²) in [7, 11) is 1.66. The molecule has 0 radical (unpaired) electrons. The van der Waals surface area contributed by atoms with Gasteiger partial charge in [0.05, 0.1) is 19.1 Å². The second-order valence-corrected chi connectivity index (χ2v) is 6.58. The number of amides is 1. The zero-order chi connectivity index (χ0) is 14.4. The highest BCUT2D eigenvalue weighted by molar-refractivity contribution is 7.10. The van der Waals surface area contributed by atoms with E-state index in [1.807, 2.05) is 40.8 Å². The predicted octanol–water partition coefficient (Wildman–Crippen LogP) is 3.59. The molecule has 0 saturated heterocycles. The Morgan fingerprint density at radius 1 is 1.30 bits per heavy atom. The summed E-state index contributed by atoms with van der Waals surface area (Å²) in [6.45, 7) is 3.83. The van der Waals surface area contributed by atoms with Crippen molar-refractivity contribution < 1.29 is 9.53 Å². The number of carbonyl (C=O) groups is 1. The number of methoxy groups -OCH3 is 1. The Labute approximate surface area is 127 Å². The summed E-state index contributed by atoms with van der Waals surface area (Å²) in [4.78, 5) is 16.9. The van der Waals surface area contributed by atoms with Crippen LogP contribution in [-0.2, 0) is 16.1 Å². The van der Waals surface area contributed by atoms with Crippen molar-refractivity contribution in [3.05, 3.63) is 44.8 Å². The van der Waals surface area contributed by atoms with Gasteiger partial charge < -0.3 is 9.64 Å². The van der Waals surface area contributed by atoms with Gasteiger partial charge in [0.15, 0.2) is 0 Å². The fourth-order valence-corrected chi connectivity index (χ4v) is 3.49. The van der Waals surface area contributed by atoms with E-state index in [9.17, 15) is 4.79 Å². The fourth-order valence-electron chi connectivity index (χ4n) is 1.99. The number of hydrogen-bond donors (Lipinski definition) is 0. The first kappa shape index (κ1) is 15.2. The molecule has 0 aliphatic carbocycles. The minimum absolute atomic E-state index is 0.0909. The van der Waals surface area contributed by atoms with E-state index in [0.717, 1.165) is 4.88 Å². The van der Waals surface area contributed by atoms with Crippen LogP contribution in [0.25, 0.3) is 0 Å². The van der Waals surface area contributed by atoms with Gasteiger partial charge in [-0.15, -0.1) is 22.7 Å². The third kappa shape index (κ3) is 3.91. The van der Waals surface area contributed by atoms with Gasteiger partial charge in [-0.1, -0.05) is 12.1 Å². The second-order valence-electron chi connectivity index (χ2n) is 4.57. The molecule has 0 fully saturated rings. The number of nitrogens with zero attached hydrogens (tertiary/aromatic N) is 1. The van der Waals surface area contributed by atoms with E-state index in [1.165, 1.54) is 4.88 Å². The van der Waals surface area contributed by atoms with Gasteiger partial charge in [-0.3, -0.25) is 4.79 Å². The average molecular weight is 309 g/mol. The van der Waals surface area contributed by atoms with Crippen LogP contribution >= 0.6 is 22.7 Å². The van der Waals surface area contributed by atoms with E-state index in [2.05, 4.69) is 6.07 Å². The van der Waals surface area contributed by atoms with E-state index in [-0.39, 0.29) is 11.8 Å². The van der Waals surface area contributed by atoms with Gasteiger partial charge in [-0.2, -0.15) is 0 Å². The van der Waals surface area contributed by atoms with Gasteiger partial charge >= 0.3 is 0 Å². The van der Waals surface area contributed by atoms with E-state index < -0.39 is 0 Å². The van der Waals surface area contributed by atoms with Crippen LogP contribution in [0.3, 0.4) is 0 Å². The molecule has 0 aliphatic rings. The maximum Gasteiger partial charge on any atom is 0.231 e. The minimum Gasteiger partial charge on any atom is -0.383 e. The summed E-state index contributed by atoms with van der Waals surface area (Å²) in [6.07, 6.45) is 0. The van der Waals surface area contributed by atoms with Crippen LogP contribution in [0.15, 0.2) is 35.0 Å². The largest absolute Gasteiger partial charge is 0.383 e. The highest BCUT2D eigenvalue weighted by Gasteiger charge is 2.22. The Balaban J connectivity index is 2.06. The molecule has 0 aliphatic heterocycles. The van der Waals surface area contributed by atoms with Crippen molar-refractivity contribution >= 4 is 28.6 Å². The molecule has 0 aromatic carbocycles. The summed E-state index contributed by atoms with van der Waals surface area (Å²) in [5, 5.41) is 4.05. The van der Waals surface area contributed by atoms with Gasteiger partial charge in [0.1, 0.15) is 0 Å². The fraction of sp³-hybridized carbons (Fsp3) is 0.400. The van der Waals surface area contributed by atoms with Crippen molar-refractivity contribution in [3.63, 3.8) is 0 Å². The number of thiophene rings is 2. The first-order valence-electron chi connectivity index (χ1n) is 6.56. The van der Waals surface area contributed by atoms with E-state index in [0.29, 0.717) is 19.7 Å². The quantitative estimate of drug-likeness (QED) is 0.782. The standard InChI is InChI=1S/C15H19NO2S2/c1-12(14-6-4-10-20-14)15(17)16(7-8-18-2)11-13-5-3-9-19-13/h3-6,9-10,12H,7-8,11H2,1-2H3. The van der Waals surface area contributed by atoms with Gasteiger partial charge in [0.2, 0.25) is 5.91 Å². The summed E-state index contributed by atoms with van der Waals surface area (Å²) < 4.78 is 5.12. The molecule has 20 heavy (non-hydrogen) atoms. The second kappa shape index (κ2) is 7.57. The Morgan fingerprint density at radius 2 is 2.05 bits per heavy atom. The lowest BCUT2D eigenvalue weighted by atomic mass is 10.1. The third-order valence-corrected chi connectivity index (χ3v) is 5.06. The van der Waals surface area contributed by atoms with Crippen molar-refractivity contribution in [3.8, 4) is 0 Å². The normalized spacial score (nSPS) is 12.3. The lowest BCUT2D eigenvalue weighted by molar-refractivity contribution is -0.133. The molecule has 0 N–H and O–H groups in total. The van der Waals surface area contributed by atoms with Crippen LogP contribution in [0.4, 0.5) is 0 Å². The van der Waals surface area contributed by atoms with Crippen molar-refractivity contribution in [1.82, 2.24) is 4.90 Å². The highest BCUT2D eigenvalue weighted by atomic mass is 32.1. The molecule has 2 aromatic rings. The van der Waals surface area contributed by atoms with E-state index in [1.54, 1.807) is 29.8 Å². The maximum absolute atomic E-state index is 12.7. The van der Waals surface area contributed by atoms with Crippen molar-refractivity contribution in [2.45, 2.75) is 19.4 Å². The third-order valence-electron chi connectivity index (χ3n) is 3.14. The Kier molecular flexibility index (Phi) is 5.76. The zero-order valence-corrected chi connectivity index (χ0v) is 13.4. The molecule has 3 nitrogen and oxygen atoms in total. The maximum atomic E-state index is 12.7. The molecule has 0 spiro atoms. The van der Waals surface area contributed by atoms with Gasteiger partial charge in [-0.25, -0.2) is 0 Å². The number of hydrogen-bond acceptors (Lipinski definition) is 4. The summed E-state index contributed by atoms with van der Waals surface area (Å²) in [5.41, 5.74) is 0. The minimum atomic E-state index is -0.0909. The van der Waals surface area contributed by atoms with Crippen LogP contribution in [0.1, 0.15) is 22.6 Å². The van der Waals surface area contributed by atoms with Crippen LogP contribution in [0.5, 0.6) is 0 Å². The Morgan fingerprint density at radius 3 is 2.65 bits per heavy atom. The smallest absolute Gasteiger partial charge is 0.231 e. The van der Waals surface area contributed by atoms with Crippen molar-refractivity contribution in [2.24, 2.45) is 0 Å². The first-order valence-corrected chi connectivity index (χ1v) is 8.32. The van der Waals surface area contributed by atoms with Gasteiger partial charge in [-0.05, 0) is 29.8 Å². The molecule has 2 aromatic heterocycles. The van der Waals surface area contributed by atoms with E-state index in [4.69, 9.17) is 4.74 Å². The van der Waals surface area contributed by atoms with Gasteiger partial charge in [0, 0.05) is 23.4 Å². The lowest BCUT2D eigenvalue weighted by Gasteiger charge is -2.24. The molecule has 1 atom stereocenters. The molecular weight excluding hydrogens is 290 g/mol. The monoisotopic (exact) mass is 309 g/mol. The summed E-state index contributed by atoms with van der Waals surface area (Å²) in [5.74, 6) is 0.0738. The molecule has 0 bridgehead atoms. The molecule has 1 unspecified atom stereocenters. The Hall–Kier alpha value is -1.17. The van der Waals surface area contributed by atoms with Crippen LogP contribution in [0, 0.1) is 0 Å². The highest BCUT2D eigenvalue weighted by Crippen LogP contribution is 2.24. The molecule has 1 amide bonds. The number of rotatable bonds is 7. The van der Waals surface area contributed by atoms with Crippen molar-refractivity contribution in [2.75, 3.05) is 20.3 Å². The summed E-state index contributed by atoms with van der Waals surface area (Å²) in [6, 6.07) is 8.09.